The van der Waals surface area contributed by atoms with E-state index in [0.29, 0.717) is 12.1 Å². The summed E-state index contributed by atoms with van der Waals surface area (Å²) in [6.45, 7) is 4.67. The molecule has 0 saturated heterocycles. The molecule has 2 aromatic carbocycles. The van der Waals surface area contributed by atoms with Gasteiger partial charge in [-0.2, -0.15) is 0 Å². The van der Waals surface area contributed by atoms with Gasteiger partial charge in [-0.15, -0.1) is 0 Å². The monoisotopic (exact) mass is 243 g/mol. The van der Waals surface area contributed by atoms with Crippen molar-refractivity contribution in [2.24, 2.45) is 0 Å². The summed E-state index contributed by atoms with van der Waals surface area (Å²) in [5, 5.41) is 2.96. The molecule has 0 aliphatic rings. The number of rotatable bonds is 3. The van der Waals surface area contributed by atoms with Gasteiger partial charge < -0.3 is 5.32 Å². The van der Waals surface area contributed by atoms with Crippen LogP contribution in [0.4, 0.5) is 4.39 Å². The van der Waals surface area contributed by atoms with Crippen molar-refractivity contribution in [2.75, 3.05) is 7.05 Å². The molecule has 2 aromatic rings. The van der Waals surface area contributed by atoms with E-state index in [1.54, 1.807) is 6.07 Å². The summed E-state index contributed by atoms with van der Waals surface area (Å²) in [4.78, 5) is 0. The van der Waals surface area contributed by atoms with Crippen LogP contribution in [0.1, 0.15) is 16.7 Å². The van der Waals surface area contributed by atoms with E-state index in [-0.39, 0.29) is 5.82 Å². The van der Waals surface area contributed by atoms with Crippen molar-refractivity contribution in [1.29, 1.82) is 0 Å². The molecule has 0 aliphatic heterocycles. The van der Waals surface area contributed by atoms with E-state index in [9.17, 15) is 4.39 Å². The zero-order chi connectivity index (χ0) is 13.1. The van der Waals surface area contributed by atoms with E-state index in [1.807, 2.05) is 19.2 Å². The summed E-state index contributed by atoms with van der Waals surface area (Å²) in [5.74, 6) is -0.151. The molecule has 0 amide bonds. The van der Waals surface area contributed by atoms with Crippen LogP contribution >= 0.6 is 0 Å². The highest BCUT2D eigenvalue weighted by molar-refractivity contribution is 5.67. The predicted octanol–water partition coefficient (Wildman–Crippen LogP) is 3.83. The summed E-state index contributed by atoms with van der Waals surface area (Å²) in [6.07, 6.45) is 0. The molecule has 0 aromatic heterocycles. The van der Waals surface area contributed by atoms with Gasteiger partial charge in [-0.3, -0.25) is 0 Å². The highest BCUT2D eigenvalue weighted by atomic mass is 19.1. The van der Waals surface area contributed by atoms with Crippen molar-refractivity contribution in [2.45, 2.75) is 20.4 Å². The molecule has 0 radical (unpaired) electrons. The lowest BCUT2D eigenvalue weighted by Gasteiger charge is -2.09. The van der Waals surface area contributed by atoms with Crippen LogP contribution in [0.2, 0.25) is 0 Å². The number of hydrogen-bond donors (Lipinski definition) is 1. The van der Waals surface area contributed by atoms with E-state index >= 15 is 0 Å². The van der Waals surface area contributed by atoms with Gasteiger partial charge in [0.25, 0.3) is 0 Å². The molecule has 0 atom stereocenters. The van der Waals surface area contributed by atoms with E-state index in [4.69, 9.17) is 0 Å². The first kappa shape index (κ1) is 12.8. The largest absolute Gasteiger partial charge is 0.316 e. The average molecular weight is 243 g/mol. The molecule has 2 heteroatoms. The zero-order valence-corrected chi connectivity index (χ0v) is 11.0. The lowest BCUT2D eigenvalue weighted by molar-refractivity contribution is 0.601. The lowest BCUT2D eigenvalue weighted by Crippen LogP contribution is -2.06. The van der Waals surface area contributed by atoms with Gasteiger partial charge in [0.2, 0.25) is 0 Å². The molecule has 1 nitrogen and oxygen atoms in total. The Morgan fingerprint density at radius 1 is 1.06 bits per heavy atom. The van der Waals surface area contributed by atoms with Crippen LogP contribution in [0, 0.1) is 19.7 Å². The zero-order valence-electron chi connectivity index (χ0n) is 11.0. The highest BCUT2D eigenvalue weighted by Crippen LogP contribution is 2.25. The molecule has 94 valence electrons. The maximum atomic E-state index is 13.9. The van der Waals surface area contributed by atoms with Crippen LogP contribution < -0.4 is 5.32 Å². The number of halogens is 1. The number of aryl methyl sites for hydroxylation is 2. The summed E-state index contributed by atoms with van der Waals surface area (Å²) in [7, 11) is 1.82. The van der Waals surface area contributed by atoms with Gasteiger partial charge >= 0.3 is 0 Å². The number of nitrogens with one attached hydrogen (secondary N) is 1. The van der Waals surface area contributed by atoms with Crippen molar-refractivity contribution in [3.8, 4) is 11.1 Å². The van der Waals surface area contributed by atoms with Gasteiger partial charge in [0, 0.05) is 12.1 Å². The molecule has 0 fully saturated rings. The van der Waals surface area contributed by atoms with E-state index in [1.165, 1.54) is 11.1 Å². The molecule has 2 rings (SSSR count). The molecule has 0 saturated carbocycles. The average Bonchev–Trinajstić information content (AvgIpc) is 2.32. The first-order valence-corrected chi connectivity index (χ1v) is 6.12. The van der Waals surface area contributed by atoms with Gasteiger partial charge in [0.15, 0.2) is 0 Å². The van der Waals surface area contributed by atoms with Crippen molar-refractivity contribution >= 4 is 0 Å². The topological polar surface area (TPSA) is 12.0 Å². The van der Waals surface area contributed by atoms with Gasteiger partial charge in [-0.05, 0) is 43.7 Å². The Morgan fingerprint density at radius 3 is 2.44 bits per heavy atom. The van der Waals surface area contributed by atoms with Crippen LogP contribution in [0.25, 0.3) is 11.1 Å². The van der Waals surface area contributed by atoms with E-state index in [0.717, 1.165) is 11.1 Å². The maximum Gasteiger partial charge on any atom is 0.128 e. The summed E-state index contributed by atoms with van der Waals surface area (Å²) in [6, 6.07) is 11.7. The third-order valence-corrected chi connectivity index (χ3v) is 3.11. The van der Waals surface area contributed by atoms with E-state index < -0.39 is 0 Å². The predicted molar refractivity (Wildman–Crippen MR) is 74.1 cm³/mol. The van der Waals surface area contributed by atoms with Crippen LogP contribution in [-0.4, -0.2) is 7.05 Å². The van der Waals surface area contributed by atoms with Crippen LogP contribution in [-0.2, 0) is 6.54 Å². The lowest BCUT2D eigenvalue weighted by atomic mass is 9.97. The molecule has 0 heterocycles. The van der Waals surface area contributed by atoms with Crippen LogP contribution in [0.3, 0.4) is 0 Å². The number of hydrogen-bond acceptors (Lipinski definition) is 1. The molecular formula is C16H18FN. The quantitative estimate of drug-likeness (QED) is 0.864. The fraction of sp³-hybridized carbons (Fsp3) is 0.250. The van der Waals surface area contributed by atoms with Gasteiger partial charge in [-0.25, -0.2) is 4.39 Å². The Bertz CT molecular complexity index is 561. The second-order valence-electron chi connectivity index (χ2n) is 4.65. The molecule has 0 bridgehead atoms. The third kappa shape index (κ3) is 2.59. The van der Waals surface area contributed by atoms with Crippen molar-refractivity contribution in [1.82, 2.24) is 5.32 Å². The third-order valence-electron chi connectivity index (χ3n) is 3.11. The normalized spacial score (nSPS) is 10.7. The first-order valence-electron chi connectivity index (χ1n) is 6.12. The number of benzene rings is 2. The molecule has 0 unspecified atom stereocenters. The SMILES string of the molecule is CNCc1ccc(-c2ccc(C)cc2C)cc1F. The minimum atomic E-state index is -0.151. The molecule has 18 heavy (non-hydrogen) atoms. The first-order chi connectivity index (χ1) is 8.61. The maximum absolute atomic E-state index is 13.9. The Balaban J connectivity index is 2.42. The summed E-state index contributed by atoms with van der Waals surface area (Å²) in [5.41, 5.74) is 5.13. The minimum Gasteiger partial charge on any atom is -0.316 e. The van der Waals surface area contributed by atoms with Gasteiger partial charge in [0.05, 0.1) is 0 Å². The smallest absolute Gasteiger partial charge is 0.128 e. The molecular weight excluding hydrogens is 225 g/mol. The van der Waals surface area contributed by atoms with Gasteiger partial charge in [-0.1, -0.05) is 35.9 Å². The van der Waals surface area contributed by atoms with Gasteiger partial charge in [0.1, 0.15) is 5.82 Å². The molecule has 0 spiro atoms. The van der Waals surface area contributed by atoms with Crippen molar-refractivity contribution in [3.05, 3.63) is 58.9 Å². The fourth-order valence-electron chi connectivity index (χ4n) is 2.19. The summed E-state index contributed by atoms with van der Waals surface area (Å²) >= 11 is 0. The summed E-state index contributed by atoms with van der Waals surface area (Å²) < 4.78 is 13.9. The van der Waals surface area contributed by atoms with Crippen molar-refractivity contribution < 1.29 is 4.39 Å². The Labute approximate surface area is 108 Å². The second kappa shape index (κ2) is 5.32. The van der Waals surface area contributed by atoms with Crippen LogP contribution in [0.5, 0.6) is 0 Å². The molecule has 1 N–H and O–H groups in total. The second-order valence-corrected chi connectivity index (χ2v) is 4.65. The highest BCUT2D eigenvalue weighted by Gasteiger charge is 2.06. The molecule has 0 aliphatic carbocycles. The fourth-order valence-corrected chi connectivity index (χ4v) is 2.19. The Kier molecular flexibility index (Phi) is 3.78. The Morgan fingerprint density at radius 2 is 1.83 bits per heavy atom. The standard InChI is InChI=1S/C16H18FN/c1-11-4-7-15(12(2)8-11)13-5-6-14(10-18-3)16(17)9-13/h4-9,18H,10H2,1-3H3. The minimum absolute atomic E-state index is 0.151. The Hall–Kier alpha value is -1.67. The van der Waals surface area contributed by atoms with E-state index in [2.05, 4.69) is 37.4 Å². The van der Waals surface area contributed by atoms with Crippen LogP contribution in [0.15, 0.2) is 36.4 Å². The van der Waals surface area contributed by atoms with Crippen molar-refractivity contribution in [3.63, 3.8) is 0 Å².